The Kier molecular flexibility index (Phi) is 7.33. The smallest absolute Gasteiger partial charge is 0.243 e. The highest BCUT2D eigenvalue weighted by molar-refractivity contribution is 7.93. The monoisotopic (exact) mass is 565 g/mol. The maximum Gasteiger partial charge on any atom is 0.243 e. The van der Waals surface area contributed by atoms with E-state index in [-0.39, 0.29) is 31.3 Å². The fourth-order valence-corrected chi connectivity index (χ4v) is 6.04. The molecular weight excluding hydrogens is 538 g/mol. The van der Waals surface area contributed by atoms with Gasteiger partial charge in [-0.2, -0.15) is 5.26 Å². The molecular formula is C26H27N7O6S. The maximum absolute atomic E-state index is 13.8. The number of furan rings is 1. The van der Waals surface area contributed by atoms with E-state index in [2.05, 4.69) is 19.9 Å². The molecule has 0 spiro atoms. The Balaban J connectivity index is 1.55. The number of rotatable bonds is 8. The van der Waals surface area contributed by atoms with Crippen molar-refractivity contribution in [1.82, 2.24) is 19.7 Å². The van der Waals surface area contributed by atoms with Crippen molar-refractivity contribution in [2.24, 2.45) is 0 Å². The summed E-state index contributed by atoms with van der Waals surface area (Å²) in [6.07, 6.45) is 0.509. The Morgan fingerprint density at radius 2 is 1.88 bits per heavy atom. The predicted molar refractivity (Wildman–Crippen MR) is 145 cm³/mol. The SMILES string of the molecule is COc1cccc(OC)c1-n1c(NS(=O)(=O)[C@@H]2C[C@H](O)CN(c3cc(C#N)ccn3)C2)nnc1-c1ccc(C)o1. The summed E-state index contributed by atoms with van der Waals surface area (Å²) in [5, 5.41) is 27.2. The number of nitriles is 1. The minimum Gasteiger partial charge on any atom is -0.494 e. The van der Waals surface area contributed by atoms with Gasteiger partial charge in [0, 0.05) is 19.3 Å². The van der Waals surface area contributed by atoms with Crippen LogP contribution in [0.4, 0.5) is 11.8 Å². The van der Waals surface area contributed by atoms with Crippen molar-refractivity contribution in [2.75, 3.05) is 36.9 Å². The molecule has 208 valence electrons. The van der Waals surface area contributed by atoms with Gasteiger partial charge < -0.3 is 23.9 Å². The highest BCUT2D eigenvalue weighted by atomic mass is 32.2. The van der Waals surface area contributed by atoms with Crippen LogP contribution in [0.3, 0.4) is 0 Å². The number of hydrogen-bond donors (Lipinski definition) is 2. The Morgan fingerprint density at radius 1 is 1.12 bits per heavy atom. The van der Waals surface area contributed by atoms with Crippen molar-refractivity contribution in [1.29, 1.82) is 5.26 Å². The largest absolute Gasteiger partial charge is 0.494 e. The number of hydrogen-bond acceptors (Lipinski definition) is 11. The molecule has 0 saturated carbocycles. The second kappa shape index (κ2) is 10.9. The van der Waals surface area contributed by atoms with Crippen LogP contribution in [-0.2, 0) is 10.0 Å². The normalized spacial score (nSPS) is 17.3. The van der Waals surface area contributed by atoms with Gasteiger partial charge in [-0.25, -0.2) is 13.4 Å². The summed E-state index contributed by atoms with van der Waals surface area (Å²) < 4.78 is 48.5. The van der Waals surface area contributed by atoms with Gasteiger partial charge in [0.05, 0.1) is 32.0 Å². The summed E-state index contributed by atoms with van der Waals surface area (Å²) in [7, 11) is -1.17. The molecule has 0 unspecified atom stereocenters. The first-order valence-corrected chi connectivity index (χ1v) is 13.8. The molecule has 0 bridgehead atoms. The standard InChI is InChI=1S/C26H27N7O6S/c1-16-7-8-22(39-16)25-29-30-26(33(25)24-20(37-2)5-4-6-21(24)38-3)31-40(35,36)19-12-18(34)14-32(15-19)23-11-17(13-27)9-10-28-23/h4-11,18-19,34H,12,14-15H2,1-3H3,(H,30,31)/t18-,19+/m0/s1. The Bertz CT molecular complexity index is 1650. The lowest BCUT2D eigenvalue weighted by Crippen LogP contribution is -2.50. The summed E-state index contributed by atoms with van der Waals surface area (Å²) in [4.78, 5) is 5.90. The molecule has 1 fully saturated rings. The van der Waals surface area contributed by atoms with Crippen LogP contribution in [0.25, 0.3) is 17.3 Å². The third kappa shape index (κ3) is 5.16. The number of ether oxygens (including phenoxy) is 2. The van der Waals surface area contributed by atoms with Crippen LogP contribution in [0, 0.1) is 18.3 Å². The summed E-state index contributed by atoms with van der Waals surface area (Å²) in [6, 6.07) is 13.7. The third-order valence-electron chi connectivity index (χ3n) is 6.51. The Morgan fingerprint density at radius 3 is 2.52 bits per heavy atom. The van der Waals surface area contributed by atoms with Crippen molar-refractivity contribution in [3.8, 4) is 34.8 Å². The molecule has 0 radical (unpaired) electrons. The number of pyridine rings is 1. The van der Waals surface area contributed by atoms with E-state index in [0.717, 1.165) is 0 Å². The zero-order chi connectivity index (χ0) is 28.4. The summed E-state index contributed by atoms with van der Waals surface area (Å²) >= 11 is 0. The quantitative estimate of drug-likeness (QED) is 0.322. The molecule has 0 amide bonds. The lowest BCUT2D eigenvalue weighted by molar-refractivity contribution is 0.155. The van der Waals surface area contributed by atoms with Gasteiger partial charge in [0.2, 0.25) is 21.8 Å². The molecule has 40 heavy (non-hydrogen) atoms. The van der Waals surface area contributed by atoms with E-state index in [1.807, 2.05) is 6.07 Å². The molecule has 3 aromatic heterocycles. The Labute approximate surface area is 230 Å². The van der Waals surface area contributed by atoms with Crippen LogP contribution in [0.5, 0.6) is 11.5 Å². The van der Waals surface area contributed by atoms with E-state index in [4.69, 9.17) is 13.9 Å². The van der Waals surface area contributed by atoms with Gasteiger partial charge in [0.15, 0.2) is 5.76 Å². The minimum absolute atomic E-state index is 0.0138. The minimum atomic E-state index is -4.14. The number of aliphatic hydroxyl groups excluding tert-OH is 1. The van der Waals surface area contributed by atoms with E-state index in [0.29, 0.717) is 40.1 Å². The molecule has 13 nitrogen and oxygen atoms in total. The van der Waals surface area contributed by atoms with Crippen LogP contribution in [0.2, 0.25) is 0 Å². The lowest BCUT2D eigenvalue weighted by Gasteiger charge is -2.36. The molecule has 4 aromatic rings. The van der Waals surface area contributed by atoms with E-state index < -0.39 is 21.4 Å². The fourth-order valence-electron chi connectivity index (χ4n) is 4.64. The number of aryl methyl sites for hydroxylation is 1. The molecule has 0 aliphatic carbocycles. The summed E-state index contributed by atoms with van der Waals surface area (Å²) in [5.74, 6) is 2.24. The number of aliphatic hydroxyl groups is 1. The predicted octanol–water partition coefficient (Wildman–Crippen LogP) is 2.50. The average Bonchev–Trinajstić information content (AvgIpc) is 3.57. The number of nitrogens with zero attached hydrogens (tertiary/aromatic N) is 6. The van der Waals surface area contributed by atoms with Gasteiger partial charge in [-0.3, -0.25) is 9.29 Å². The van der Waals surface area contributed by atoms with Gasteiger partial charge in [-0.05, 0) is 49.7 Å². The van der Waals surface area contributed by atoms with Crippen molar-refractivity contribution in [3.63, 3.8) is 0 Å². The number of aromatic nitrogens is 4. The van der Waals surface area contributed by atoms with Gasteiger partial charge in [-0.15, -0.1) is 10.2 Å². The maximum atomic E-state index is 13.8. The number of para-hydroxylation sites is 1. The number of nitrogens with one attached hydrogen (secondary N) is 1. The average molecular weight is 566 g/mol. The number of piperidine rings is 1. The molecule has 2 N–H and O–H groups in total. The number of sulfonamides is 1. The number of methoxy groups -OCH3 is 2. The van der Waals surface area contributed by atoms with E-state index in [1.54, 1.807) is 54.3 Å². The van der Waals surface area contributed by atoms with Crippen molar-refractivity contribution in [2.45, 2.75) is 24.7 Å². The van der Waals surface area contributed by atoms with Crippen LogP contribution in [0.1, 0.15) is 17.7 Å². The second-order valence-corrected chi connectivity index (χ2v) is 11.1. The van der Waals surface area contributed by atoms with Crippen LogP contribution < -0.4 is 19.1 Å². The van der Waals surface area contributed by atoms with Crippen molar-refractivity contribution >= 4 is 21.8 Å². The fraction of sp³-hybridized carbons (Fsp3) is 0.308. The molecule has 1 saturated heterocycles. The molecule has 5 rings (SSSR count). The van der Waals surface area contributed by atoms with E-state index in [9.17, 15) is 18.8 Å². The number of anilines is 2. The zero-order valence-electron chi connectivity index (χ0n) is 22.0. The van der Waals surface area contributed by atoms with Gasteiger partial charge >= 0.3 is 0 Å². The molecule has 4 heterocycles. The van der Waals surface area contributed by atoms with Crippen LogP contribution in [0.15, 0.2) is 53.1 Å². The van der Waals surface area contributed by atoms with Gasteiger partial charge in [0.25, 0.3) is 0 Å². The highest BCUT2D eigenvalue weighted by Gasteiger charge is 2.37. The zero-order valence-corrected chi connectivity index (χ0v) is 22.8. The molecule has 1 aliphatic heterocycles. The van der Waals surface area contributed by atoms with Crippen molar-refractivity contribution in [3.05, 3.63) is 60.0 Å². The summed E-state index contributed by atoms with van der Waals surface area (Å²) in [6.45, 7) is 1.98. The first-order chi connectivity index (χ1) is 19.2. The second-order valence-electron chi connectivity index (χ2n) is 9.18. The topological polar surface area (TPSA) is 169 Å². The summed E-state index contributed by atoms with van der Waals surface area (Å²) in [5.41, 5.74) is 0.740. The first kappa shape index (κ1) is 27.0. The number of benzene rings is 1. The number of β-amino-alcohol motifs (C(OH)–C–C–N with tert-alkyl or cyclic N) is 1. The first-order valence-electron chi connectivity index (χ1n) is 12.3. The Hall–Kier alpha value is -4.61. The lowest BCUT2D eigenvalue weighted by atomic mass is 10.1. The van der Waals surface area contributed by atoms with Crippen molar-refractivity contribution < 1.29 is 27.4 Å². The van der Waals surface area contributed by atoms with E-state index >= 15 is 0 Å². The molecule has 2 atom stereocenters. The molecule has 1 aromatic carbocycles. The van der Waals surface area contributed by atoms with Gasteiger partial charge in [0.1, 0.15) is 34.0 Å². The molecule has 14 heteroatoms. The van der Waals surface area contributed by atoms with Gasteiger partial charge in [-0.1, -0.05) is 6.07 Å². The highest BCUT2D eigenvalue weighted by Crippen LogP contribution is 2.38. The van der Waals surface area contributed by atoms with E-state index in [1.165, 1.54) is 25.0 Å². The third-order valence-corrected chi connectivity index (χ3v) is 8.20. The van der Waals surface area contributed by atoms with Crippen LogP contribution in [-0.4, -0.2) is 71.9 Å². The van der Waals surface area contributed by atoms with Crippen LogP contribution >= 0.6 is 0 Å². The molecule has 1 aliphatic rings.